The van der Waals surface area contributed by atoms with Crippen LogP contribution in [-0.4, -0.2) is 17.6 Å². The van der Waals surface area contributed by atoms with E-state index in [0.29, 0.717) is 12.5 Å². The van der Waals surface area contributed by atoms with Gasteiger partial charge in [-0.05, 0) is 38.2 Å². The molecule has 0 heterocycles. The fraction of sp³-hybridized carbons (Fsp3) is 0.273. The van der Waals surface area contributed by atoms with E-state index < -0.39 is 0 Å². The highest BCUT2D eigenvalue weighted by atomic mass is 32.1. The molecule has 0 atom stereocenters. The average Bonchev–Trinajstić information content (AvgIpc) is 2.25. The van der Waals surface area contributed by atoms with Crippen LogP contribution in [0.3, 0.4) is 0 Å². The summed E-state index contributed by atoms with van der Waals surface area (Å²) in [6.45, 7) is 4.45. The van der Waals surface area contributed by atoms with Gasteiger partial charge in [-0.3, -0.25) is 5.43 Å². The Bertz CT molecular complexity index is 387. The first-order valence-electron chi connectivity index (χ1n) is 4.96. The van der Waals surface area contributed by atoms with Crippen LogP contribution in [0.2, 0.25) is 0 Å². The van der Waals surface area contributed by atoms with Crippen molar-refractivity contribution in [2.75, 3.05) is 6.61 Å². The molecule has 0 unspecified atom stereocenters. The van der Waals surface area contributed by atoms with Gasteiger partial charge in [0, 0.05) is 5.56 Å². The maximum absolute atomic E-state index is 5.39. The van der Waals surface area contributed by atoms with Gasteiger partial charge < -0.3 is 10.5 Å². The highest BCUT2D eigenvalue weighted by Crippen LogP contribution is 2.05. The van der Waals surface area contributed by atoms with Crippen LogP contribution in [0.5, 0.6) is 0 Å². The van der Waals surface area contributed by atoms with Crippen LogP contribution in [0.25, 0.3) is 0 Å². The van der Waals surface area contributed by atoms with Crippen molar-refractivity contribution in [2.24, 2.45) is 10.8 Å². The van der Waals surface area contributed by atoms with Crippen LogP contribution in [0.15, 0.2) is 29.4 Å². The molecule has 1 aromatic carbocycles. The van der Waals surface area contributed by atoms with E-state index in [1.807, 2.05) is 38.1 Å². The normalized spacial score (nSPS) is 11.0. The fourth-order valence-corrected chi connectivity index (χ4v) is 1.16. The highest BCUT2D eigenvalue weighted by Gasteiger charge is 2.03. The lowest BCUT2D eigenvalue weighted by atomic mass is 10.1. The number of aryl methyl sites for hydroxylation is 1. The quantitative estimate of drug-likeness (QED) is 0.362. The summed E-state index contributed by atoms with van der Waals surface area (Å²) in [6.07, 6.45) is 0. The first-order chi connectivity index (χ1) is 7.63. The van der Waals surface area contributed by atoms with Gasteiger partial charge in [0.15, 0.2) is 5.11 Å². The molecule has 4 nitrogen and oxygen atoms in total. The molecule has 1 aromatic rings. The Kier molecular flexibility index (Phi) is 4.72. The second-order valence-electron chi connectivity index (χ2n) is 3.19. The minimum absolute atomic E-state index is 0.115. The number of nitrogens with zero attached hydrogens (tertiary/aromatic N) is 1. The van der Waals surface area contributed by atoms with Crippen molar-refractivity contribution in [1.82, 2.24) is 5.43 Å². The molecule has 3 N–H and O–H groups in total. The van der Waals surface area contributed by atoms with Gasteiger partial charge in [-0.15, -0.1) is 5.10 Å². The largest absolute Gasteiger partial charge is 0.477 e. The zero-order valence-corrected chi connectivity index (χ0v) is 10.2. The van der Waals surface area contributed by atoms with Crippen LogP contribution < -0.4 is 11.2 Å². The molecule has 0 saturated heterocycles. The van der Waals surface area contributed by atoms with Gasteiger partial charge in [0.2, 0.25) is 5.90 Å². The molecule has 0 fully saturated rings. The summed E-state index contributed by atoms with van der Waals surface area (Å²) in [4.78, 5) is 0. The zero-order chi connectivity index (χ0) is 12.0. The molecule has 86 valence electrons. The number of thiocarbonyl (C=S) groups is 1. The monoisotopic (exact) mass is 237 g/mol. The molecule has 0 aliphatic rings. The van der Waals surface area contributed by atoms with Crippen LogP contribution in [-0.2, 0) is 4.74 Å². The second kappa shape index (κ2) is 6.07. The predicted molar refractivity (Wildman–Crippen MR) is 69.3 cm³/mol. The number of nitrogens with one attached hydrogen (secondary N) is 1. The average molecular weight is 237 g/mol. The summed E-state index contributed by atoms with van der Waals surface area (Å²) in [5.74, 6) is 0.482. The lowest BCUT2D eigenvalue weighted by molar-refractivity contribution is 0.326. The van der Waals surface area contributed by atoms with E-state index >= 15 is 0 Å². The molecule has 5 heteroatoms. The zero-order valence-electron chi connectivity index (χ0n) is 9.36. The van der Waals surface area contributed by atoms with Gasteiger partial charge in [-0.2, -0.15) is 0 Å². The minimum atomic E-state index is 0.115. The third-order valence-electron chi connectivity index (χ3n) is 1.85. The molecule has 0 aliphatic heterocycles. The SMILES string of the molecule is CCO/C(=N/NC(N)=S)c1ccc(C)cc1. The number of hydrogen-bond donors (Lipinski definition) is 2. The molecule has 0 aliphatic carbocycles. The topological polar surface area (TPSA) is 59.6 Å². The fourth-order valence-electron chi connectivity index (χ4n) is 1.12. The smallest absolute Gasteiger partial charge is 0.238 e. The predicted octanol–water partition coefficient (Wildman–Crippen LogP) is 1.53. The van der Waals surface area contributed by atoms with Crippen LogP contribution in [0.1, 0.15) is 18.1 Å². The molecule has 16 heavy (non-hydrogen) atoms. The summed E-state index contributed by atoms with van der Waals surface area (Å²) >= 11 is 4.67. The molecule has 0 aromatic heterocycles. The second-order valence-corrected chi connectivity index (χ2v) is 3.63. The van der Waals surface area contributed by atoms with Gasteiger partial charge in [0.05, 0.1) is 6.61 Å². The number of benzene rings is 1. The lowest BCUT2D eigenvalue weighted by Gasteiger charge is -2.07. The summed E-state index contributed by atoms with van der Waals surface area (Å²) in [5.41, 5.74) is 9.88. The molecule has 0 saturated carbocycles. The standard InChI is InChI=1S/C11H15N3OS/c1-3-15-10(13-14-11(12)16)9-6-4-8(2)5-7-9/h4-7H,3H2,1-2H3,(H3,12,14,16)/b13-10+. The molecular formula is C11H15N3OS. The van der Waals surface area contributed by atoms with Crippen LogP contribution in [0.4, 0.5) is 0 Å². The molecule has 0 bridgehead atoms. The summed E-state index contributed by atoms with van der Waals surface area (Å²) in [7, 11) is 0. The summed E-state index contributed by atoms with van der Waals surface area (Å²) < 4.78 is 5.39. The third kappa shape index (κ3) is 3.86. The van der Waals surface area contributed by atoms with E-state index in [1.54, 1.807) is 0 Å². The number of nitrogens with two attached hydrogens (primary N) is 1. The maximum Gasteiger partial charge on any atom is 0.238 e. The number of ether oxygens (including phenoxy) is 1. The van der Waals surface area contributed by atoms with E-state index in [-0.39, 0.29) is 5.11 Å². The first-order valence-corrected chi connectivity index (χ1v) is 5.37. The molecule has 0 amide bonds. The number of hydrazone groups is 1. The Hall–Kier alpha value is -1.62. The van der Waals surface area contributed by atoms with Crippen LogP contribution >= 0.6 is 12.2 Å². The van der Waals surface area contributed by atoms with Crippen molar-refractivity contribution >= 4 is 23.2 Å². The number of hydrogen-bond acceptors (Lipinski definition) is 3. The van der Waals surface area contributed by atoms with E-state index in [9.17, 15) is 0 Å². The molecular weight excluding hydrogens is 222 g/mol. The highest BCUT2D eigenvalue weighted by molar-refractivity contribution is 7.80. The molecule has 1 rings (SSSR count). The van der Waals surface area contributed by atoms with Gasteiger partial charge in [0.1, 0.15) is 0 Å². The van der Waals surface area contributed by atoms with Crippen molar-refractivity contribution in [3.05, 3.63) is 35.4 Å². The maximum atomic E-state index is 5.39. The summed E-state index contributed by atoms with van der Waals surface area (Å²) in [5, 5.41) is 4.11. The Balaban J connectivity index is 2.88. The van der Waals surface area contributed by atoms with E-state index in [2.05, 4.69) is 22.7 Å². The molecule has 0 spiro atoms. The first kappa shape index (κ1) is 12.4. The van der Waals surface area contributed by atoms with Crippen molar-refractivity contribution < 1.29 is 4.74 Å². The Morgan fingerprint density at radius 1 is 1.44 bits per heavy atom. The third-order valence-corrected chi connectivity index (χ3v) is 1.94. The lowest BCUT2D eigenvalue weighted by Crippen LogP contribution is -2.26. The van der Waals surface area contributed by atoms with E-state index in [4.69, 9.17) is 10.5 Å². The molecule has 0 radical (unpaired) electrons. The van der Waals surface area contributed by atoms with Crippen molar-refractivity contribution in [1.29, 1.82) is 0 Å². The van der Waals surface area contributed by atoms with Crippen molar-refractivity contribution in [3.8, 4) is 0 Å². The van der Waals surface area contributed by atoms with Crippen LogP contribution in [0, 0.1) is 6.92 Å². The summed E-state index contributed by atoms with van der Waals surface area (Å²) in [6, 6.07) is 7.85. The minimum Gasteiger partial charge on any atom is -0.477 e. The van der Waals surface area contributed by atoms with Crippen molar-refractivity contribution in [2.45, 2.75) is 13.8 Å². The van der Waals surface area contributed by atoms with Gasteiger partial charge >= 0.3 is 0 Å². The number of rotatable bonds is 3. The van der Waals surface area contributed by atoms with Gasteiger partial charge in [-0.25, -0.2) is 0 Å². The van der Waals surface area contributed by atoms with Gasteiger partial charge in [-0.1, -0.05) is 17.7 Å². The van der Waals surface area contributed by atoms with E-state index in [1.165, 1.54) is 5.56 Å². The Morgan fingerprint density at radius 3 is 2.56 bits per heavy atom. The van der Waals surface area contributed by atoms with Crippen molar-refractivity contribution in [3.63, 3.8) is 0 Å². The Labute approximate surface area is 100 Å². The van der Waals surface area contributed by atoms with Gasteiger partial charge in [0.25, 0.3) is 0 Å². The Morgan fingerprint density at radius 2 is 2.06 bits per heavy atom. The van der Waals surface area contributed by atoms with E-state index in [0.717, 1.165) is 5.56 Å².